The average molecular weight is 158 g/mol. The second-order valence-corrected chi connectivity index (χ2v) is 2.94. The number of benzene rings is 1. The summed E-state index contributed by atoms with van der Waals surface area (Å²) in [6, 6.07) is 8.36. The van der Waals surface area contributed by atoms with Gasteiger partial charge in [-0.15, -0.1) is 6.42 Å². The average Bonchev–Trinajstić information content (AvgIpc) is 2.16. The lowest BCUT2D eigenvalue weighted by molar-refractivity contribution is 0.957. The topological polar surface area (TPSA) is 0 Å². The van der Waals surface area contributed by atoms with Gasteiger partial charge < -0.3 is 0 Å². The van der Waals surface area contributed by atoms with Crippen molar-refractivity contribution in [2.24, 2.45) is 0 Å². The monoisotopic (exact) mass is 158 g/mol. The molecule has 0 aliphatic carbocycles. The predicted octanol–water partition coefficient (Wildman–Crippen LogP) is 2.99. The number of terminal acetylenes is 1. The van der Waals surface area contributed by atoms with E-state index in [0.29, 0.717) is 0 Å². The van der Waals surface area contributed by atoms with Crippen LogP contribution in [0.15, 0.2) is 24.3 Å². The van der Waals surface area contributed by atoms with Gasteiger partial charge in [-0.25, -0.2) is 0 Å². The SMILES string of the molecule is C#CC(C)c1ccccc1CC. The van der Waals surface area contributed by atoms with Crippen LogP contribution in [0.2, 0.25) is 0 Å². The minimum absolute atomic E-state index is 0.237. The van der Waals surface area contributed by atoms with E-state index in [1.54, 1.807) is 0 Å². The van der Waals surface area contributed by atoms with Crippen molar-refractivity contribution >= 4 is 0 Å². The van der Waals surface area contributed by atoms with E-state index < -0.39 is 0 Å². The van der Waals surface area contributed by atoms with Gasteiger partial charge in [0.05, 0.1) is 0 Å². The highest BCUT2D eigenvalue weighted by Gasteiger charge is 2.04. The van der Waals surface area contributed by atoms with Crippen LogP contribution < -0.4 is 0 Å². The zero-order chi connectivity index (χ0) is 8.97. The molecule has 0 amide bonds. The van der Waals surface area contributed by atoms with Crippen LogP contribution in [-0.4, -0.2) is 0 Å². The Balaban J connectivity index is 3.06. The van der Waals surface area contributed by atoms with Crippen LogP contribution in [0.3, 0.4) is 0 Å². The maximum Gasteiger partial charge on any atom is 0.0424 e. The third kappa shape index (κ3) is 1.68. The Morgan fingerprint density at radius 1 is 1.42 bits per heavy atom. The molecule has 0 spiro atoms. The van der Waals surface area contributed by atoms with E-state index in [0.717, 1.165) is 6.42 Å². The van der Waals surface area contributed by atoms with Crippen LogP contribution in [-0.2, 0) is 6.42 Å². The van der Waals surface area contributed by atoms with Crippen LogP contribution >= 0.6 is 0 Å². The molecule has 1 atom stereocenters. The molecule has 1 aromatic carbocycles. The molecule has 1 unspecified atom stereocenters. The van der Waals surface area contributed by atoms with Gasteiger partial charge in [0, 0.05) is 5.92 Å². The van der Waals surface area contributed by atoms with Crippen LogP contribution in [0.4, 0.5) is 0 Å². The summed E-state index contributed by atoms with van der Waals surface area (Å²) in [5.41, 5.74) is 2.66. The first-order valence-corrected chi connectivity index (χ1v) is 4.33. The van der Waals surface area contributed by atoms with E-state index in [2.05, 4.69) is 38.0 Å². The Bertz CT molecular complexity index is 291. The first-order valence-electron chi connectivity index (χ1n) is 4.33. The molecule has 12 heavy (non-hydrogen) atoms. The minimum atomic E-state index is 0.237. The molecule has 0 aliphatic heterocycles. The molecule has 0 aliphatic rings. The molecule has 1 aromatic rings. The van der Waals surface area contributed by atoms with Crippen LogP contribution in [0.25, 0.3) is 0 Å². The van der Waals surface area contributed by atoms with E-state index >= 15 is 0 Å². The van der Waals surface area contributed by atoms with Crippen molar-refractivity contribution in [3.63, 3.8) is 0 Å². The van der Waals surface area contributed by atoms with Gasteiger partial charge in [0.15, 0.2) is 0 Å². The van der Waals surface area contributed by atoms with Crippen LogP contribution in [0.1, 0.15) is 30.9 Å². The highest BCUT2D eigenvalue weighted by atomic mass is 14.1. The van der Waals surface area contributed by atoms with Crippen molar-refractivity contribution in [2.75, 3.05) is 0 Å². The Labute approximate surface area is 74.6 Å². The Kier molecular flexibility index (Phi) is 2.94. The fraction of sp³-hybridized carbons (Fsp3) is 0.333. The van der Waals surface area contributed by atoms with E-state index in [1.807, 2.05) is 6.07 Å². The second-order valence-electron chi connectivity index (χ2n) is 2.94. The third-order valence-corrected chi connectivity index (χ3v) is 2.15. The molecular formula is C12H14. The summed E-state index contributed by atoms with van der Waals surface area (Å²) in [5.74, 6) is 2.99. The molecule has 0 saturated carbocycles. The summed E-state index contributed by atoms with van der Waals surface area (Å²) in [5, 5.41) is 0. The molecule has 0 aromatic heterocycles. The van der Waals surface area contributed by atoms with Crippen molar-refractivity contribution in [3.05, 3.63) is 35.4 Å². The van der Waals surface area contributed by atoms with Gasteiger partial charge in [-0.3, -0.25) is 0 Å². The summed E-state index contributed by atoms with van der Waals surface area (Å²) in [6.45, 7) is 4.22. The Morgan fingerprint density at radius 2 is 2.08 bits per heavy atom. The normalized spacial score (nSPS) is 12.1. The maximum absolute atomic E-state index is 5.38. The Hall–Kier alpha value is -1.22. The standard InChI is InChI=1S/C12H14/c1-4-10(3)12-9-7-6-8-11(12)5-2/h1,6-10H,5H2,2-3H3. The summed E-state index contributed by atoms with van der Waals surface area (Å²) in [4.78, 5) is 0. The van der Waals surface area contributed by atoms with Crippen molar-refractivity contribution in [1.29, 1.82) is 0 Å². The first kappa shape index (κ1) is 8.87. The molecule has 0 N–H and O–H groups in total. The maximum atomic E-state index is 5.38. The summed E-state index contributed by atoms with van der Waals surface area (Å²) >= 11 is 0. The van der Waals surface area contributed by atoms with E-state index in [4.69, 9.17) is 6.42 Å². The van der Waals surface area contributed by atoms with Gasteiger partial charge in [0.2, 0.25) is 0 Å². The highest BCUT2D eigenvalue weighted by Crippen LogP contribution is 2.18. The number of rotatable bonds is 2. The smallest absolute Gasteiger partial charge is 0.0424 e. The molecule has 0 bridgehead atoms. The third-order valence-electron chi connectivity index (χ3n) is 2.15. The highest BCUT2D eigenvalue weighted by molar-refractivity contribution is 5.33. The molecule has 1 rings (SSSR count). The van der Waals surface area contributed by atoms with Gasteiger partial charge in [-0.1, -0.05) is 37.1 Å². The molecule has 0 nitrogen and oxygen atoms in total. The van der Waals surface area contributed by atoms with Gasteiger partial charge in [0.25, 0.3) is 0 Å². The minimum Gasteiger partial charge on any atom is -0.119 e. The Morgan fingerprint density at radius 3 is 2.67 bits per heavy atom. The van der Waals surface area contributed by atoms with E-state index in [9.17, 15) is 0 Å². The van der Waals surface area contributed by atoms with Crippen molar-refractivity contribution in [3.8, 4) is 12.3 Å². The lowest BCUT2D eigenvalue weighted by Gasteiger charge is -2.09. The molecule has 0 fully saturated rings. The molecule has 62 valence electrons. The van der Waals surface area contributed by atoms with Gasteiger partial charge >= 0.3 is 0 Å². The molecular weight excluding hydrogens is 144 g/mol. The van der Waals surface area contributed by atoms with E-state index in [1.165, 1.54) is 11.1 Å². The van der Waals surface area contributed by atoms with Crippen molar-refractivity contribution in [1.82, 2.24) is 0 Å². The quantitative estimate of drug-likeness (QED) is 0.580. The molecule has 0 heterocycles. The first-order chi connectivity index (χ1) is 5.79. The second kappa shape index (κ2) is 3.97. The van der Waals surface area contributed by atoms with Gasteiger partial charge in [-0.2, -0.15) is 0 Å². The van der Waals surface area contributed by atoms with Crippen molar-refractivity contribution < 1.29 is 0 Å². The zero-order valence-electron chi connectivity index (χ0n) is 7.67. The fourth-order valence-corrected chi connectivity index (χ4v) is 1.37. The summed E-state index contributed by atoms with van der Waals surface area (Å²) in [6.07, 6.45) is 6.44. The largest absolute Gasteiger partial charge is 0.119 e. The molecule has 0 saturated heterocycles. The van der Waals surface area contributed by atoms with Gasteiger partial charge in [-0.05, 0) is 24.5 Å². The number of hydrogen-bond acceptors (Lipinski definition) is 0. The lowest BCUT2D eigenvalue weighted by atomic mass is 9.95. The molecule has 0 heteroatoms. The van der Waals surface area contributed by atoms with Crippen LogP contribution in [0.5, 0.6) is 0 Å². The van der Waals surface area contributed by atoms with Crippen LogP contribution in [0, 0.1) is 12.3 Å². The van der Waals surface area contributed by atoms with Gasteiger partial charge in [0.1, 0.15) is 0 Å². The number of aryl methyl sites for hydroxylation is 1. The summed E-state index contributed by atoms with van der Waals surface area (Å²) < 4.78 is 0. The zero-order valence-corrected chi connectivity index (χ0v) is 7.67. The van der Waals surface area contributed by atoms with E-state index in [-0.39, 0.29) is 5.92 Å². The fourth-order valence-electron chi connectivity index (χ4n) is 1.37. The lowest BCUT2D eigenvalue weighted by Crippen LogP contribution is -1.95. The molecule has 0 radical (unpaired) electrons. The van der Waals surface area contributed by atoms with Crippen molar-refractivity contribution in [2.45, 2.75) is 26.2 Å². The number of hydrogen-bond donors (Lipinski definition) is 0. The predicted molar refractivity (Wildman–Crippen MR) is 53.1 cm³/mol. The summed E-state index contributed by atoms with van der Waals surface area (Å²) in [7, 11) is 0.